The van der Waals surface area contributed by atoms with Crippen LogP contribution in [0.2, 0.25) is 0 Å². The second-order valence-corrected chi connectivity index (χ2v) is 8.26. The van der Waals surface area contributed by atoms with Gasteiger partial charge in [-0.3, -0.25) is 0 Å². The van der Waals surface area contributed by atoms with Crippen LogP contribution in [0.25, 0.3) is 10.8 Å². The molecule has 2 aliphatic carbocycles. The van der Waals surface area contributed by atoms with E-state index < -0.39 is 6.29 Å². The Labute approximate surface area is 184 Å². The Bertz CT molecular complexity index is 1040. The Hall–Kier alpha value is -2.72. The molecule has 2 aromatic carbocycles. The maximum atomic E-state index is 9.34. The highest BCUT2D eigenvalue weighted by molar-refractivity contribution is 5.82. The number of aliphatic hydroxyl groups is 2. The molecule has 0 saturated heterocycles. The van der Waals surface area contributed by atoms with Gasteiger partial charge in [-0.15, -0.1) is 0 Å². The summed E-state index contributed by atoms with van der Waals surface area (Å²) in [6, 6.07) is 14.8. The molecule has 31 heavy (non-hydrogen) atoms. The van der Waals surface area contributed by atoms with Crippen molar-refractivity contribution in [3.63, 3.8) is 0 Å². The lowest BCUT2D eigenvalue weighted by Crippen LogP contribution is -2.14. The van der Waals surface area contributed by atoms with Gasteiger partial charge in [0.05, 0.1) is 12.7 Å². The van der Waals surface area contributed by atoms with Crippen molar-refractivity contribution in [3.8, 4) is 0 Å². The van der Waals surface area contributed by atoms with Gasteiger partial charge in [-0.05, 0) is 40.8 Å². The van der Waals surface area contributed by atoms with Crippen LogP contribution in [0.4, 0.5) is 0 Å². The van der Waals surface area contributed by atoms with Crippen molar-refractivity contribution in [2.24, 2.45) is 5.92 Å². The van der Waals surface area contributed by atoms with Crippen molar-refractivity contribution >= 4 is 10.8 Å². The molecule has 0 heterocycles. The Morgan fingerprint density at radius 3 is 2.71 bits per heavy atom. The fraction of sp³-hybridized carbons (Fsp3) is 0.286. The first-order valence-corrected chi connectivity index (χ1v) is 11.0. The first-order valence-electron chi connectivity index (χ1n) is 11.0. The summed E-state index contributed by atoms with van der Waals surface area (Å²) in [6.45, 7) is 0.580. The molecule has 0 aromatic heterocycles. The van der Waals surface area contributed by atoms with Gasteiger partial charge in [-0.1, -0.05) is 90.6 Å². The van der Waals surface area contributed by atoms with Crippen molar-refractivity contribution in [1.82, 2.24) is 0 Å². The molecular formula is C28H30O3. The maximum Gasteiger partial charge on any atom is 0.151 e. The van der Waals surface area contributed by atoms with Gasteiger partial charge in [0.25, 0.3) is 0 Å². The number of ether oxygens (including phenoxy) is 1. The Kier molecular flexibility index (Phi) is 7.31. The van der Waals surface area contributed by atoms with Gasteiger partial charge in [0.2, 0.25) is 0 Å². The Morgan fingerprint density at radius 2 is 1.90 bits per heavy atom. The summed E-state index contributed by atoms with van der Waals surface area (Å²) in [7, 11) is 0. The molecule has 0 amide bonds. The molecule has 2 N–H and O–H groups in total. The van der Waals surface area contributed by atoms with Gasteiger partial charge in [0.1, 0.15) is 0 Å². The normalized spacial score (nSPS) is 21.1. The molecule has 0 bridgehead atoms. The summed E-state index contributed by atoms with van der Waals surface area (Å²) in [4.78, 5) is 0. The van der Waals surface area contributed by atoms with E-state index in [-0.39, 0.29) is 6.10 Å². The predicted octanol–water partition coefficient (Wildman–Crippen LogP) is 5.76. The summed E-state index contributed by atoms with van der Waals surface area (Å²) < 4.78 is 6.21. The highest BCUT2D eigenvalue weighted by atomic mass is 16.5. The summed E-state index contributed by atoms with van der Waals surface area (Å²) in [5.41, 5.74) is 3.63. The molecule has 3 heteroatoms. The zero-order valence-corrected chi connectivity index (χ0v) is 17.7. The molecule has 0 radical (unpaired) electrons. The first-order chi connectivity index (χ1) is 15.2. The van der Waals surface area contributed by atoms with Crippen LogP contribution in [0.15, 0.2) is 102 Å². The Balaban J connectivity index is 1.40. The smallest absolute Gasteiger partial charge is 0.151 e. The highest BCUT2D eigenvalue weighted by Gasteiger charge is 2.16. The molecule has 2 unspecified atom stereocenters. The van der Waals surface area contributed by atoms with Gasteiger partial charge in [0, 0.05) is 18.8 Å². The number of hydrogen-bond acceptors (Lipinski definition) is 3. The van der Waals surface area contributed by atoms with Crippen LogP contribution in [0, 0.1) is 5.92 Å². The second-order valence-electron chi connectivity index (χ2n) is 8.26. The van der Waals surface area contributed by atoms with Gasteiger partial charge in [-0.2, -0.15) is 0 Å². The zero-order chi connectivity index (χ0) is 21.5. The summed E-state index contributed by atoms with van der Waals surface area (Å²) in [5, 5.41) is 21.2. The first kappa shape index (κ1) is 21.5. The third kappa shape index (κ3) is 6.14. The van der Waals surface area contributed by atoms with E-state index >= 15 is 0 Å². The van der Waals surface area contributed by atoms with E-state index in [4.69, 9.17) is 4.74 Å². The van der Waals surface area contributed by atoms with Crippen LogP contribution >= 0.6 is 0 Å². The molecular weight excluding hydrogens is 384 g/mol. The minimum absolute atomic E-state index is 0.0363. The van der Waals surface area contributed by atoms with Crippen molar-refractivity contribution < 1.29 is 14.9 Å². The average molecular weight is 415 g/mol. The lowest BCUT2D eigenvalue weighted by atomic mass is 9.87. The summed E-state index contributed by atoms with van der Waals surface area (Å²) >= 11 is 0. The highest BCUT2D eigenvalue weighted by Crippen LogP contribution is 2.29. The molecule has 3 nitrogen and oxygen atoms in total. The van der Waals surface area contributed by atoms with E-state index in [1.54, 1.807) is 0 Å². The minimum Gasteiger partial charge on any atom is -0.369 e. The van der Waals surface area contributed by atoms with Crippen molar-refractivity contribution in [1.29, 1.82) is 0 Å². The zero-order valence-electron chi connectivity index (χ0n) is 17.7. The van der Waals surface area contributed by atoms with Crippen LogP contribution in [0.3, 0.4) is 0 Å². The molecule has 4 rings (SSSR count). The average Bonchev–Trinajstić information content (AvgIpc) is 2.81. The summed E-state index contributed by atoms with van der Waals surface area (Å²) in [6.07, 6.45) is 18.6. The van der Waals surface area contributed by atoms with Crippen molar-refractivity contribution in [2.75, 3.05) is 0 Å². The van der Waals surface area contributed by atoms with Crippen LogP contribution in [0.1, 0.15) is 31.2 Å². The topological polar surface area (TPSA) is 49.7 Å². The second kappa shape index (κ2) is 10.5. The number of benzene rings is 2. The van der Waals surface area contributed by atoms with Crippen molar-refractivity contribution in [2.45, 2.75) is 44.7 Å². The van der Waals surface area contributed by atoms with E-state index in [9.17, 15) is 10.2 Å². The predicted molar refractivity (Wildman–Crippen MR) is 126 cm³/mol. The van der Waals surface area contributed by atoms with Gasteiger partial charge < -0.3 is 14.9 Å². The van der Waals surface area contributed by atoms with E-state index in [0.717, 1.165) is 12.8 Å². The molecule has 2 aromatic rings. The lowest BCUT2D eigenvalue weighted by molar-refractivity contribution is -0.0449. The SMILES string of the molecule is OC(O)CC/C(=C\C1=CC=CC(OCc2ccc3ccccc3c2)C1)C1C=CC=CC1. The number of rotatable bonds is 8. The quantitative estimate of drug-likeness (QED) is 0.540. The minimum atomic E-state index is -1.27. The molecule has 0 fully saturated rings. The van der Waals surface area contributed by atoms with E-state index in [2.05, 4.69) is 91.1 Å². The maximum absolute atomic E-state index is 9.34. The lowest BCUT2D eigenvalue weighted by Gasteiger charge is -2.22. The standard InChI is InChI=1S/C28H30O3/c29-28(30)16-15-26(23-8-2-1-3-9-23)17-21-7-6-12-27(19-21)31-20-22-13-14-24-10-4-5-11-25(24)18-22/h1-8,10-14,17-18,23,27-30H,9,15-16,19-20H2/b26-17+. The van der Waals surface area contributed by atoms with E-state index in [0.29, 0.717) is 25.4 Å². The summed E-state index contributed by atoms with van der Waals surface area (Å²) in [5.74, 6) is 0.313. The number of hydrogen-bond donors (Lipinski definition) is 2. The van der Waals surface area contributed by atoms with Crippen LogP contribution in [0.5, 0.6) is 0 Å². The number of fused-ring (bicyclic) bond motifs is 1. The molecule has 0 aliphatic heterocycles. The van der Waals surface area contributed by atoms with E-state index in [1.807, 2.05) is 0 Å². The molecule has 0 saturated carbocycles. The van der Waals surface area contributed by atoms with Crippen LogP contribution < -0.4 is 0 Å². The monoisotopic (exact) mass is 414 g/mol. The van der Waals surface area contributed by atoms with Crippen molar-refractivity contribution in [3.05, 3.63) is 108 Å². The van der Waals surface area contributed by atoms with Gasteiger partial charge >= 0.3 is 0 Å². The van der Waals surface area contributed by atoms with Gasteiger partial charge in [-0.25, -0.2) is 0 Å². The van der Waals surface area contributed by atoms with E-state index in [1.165, 1.54) is 27.5 Å². The Morgan fingerprint density at radius 1 is 1.03 bits per heavy atom. The van der Waals surface area contributed by atoms with Gasteiger partial charge in [0.15, 0.2) is 6.29 Å². The fourth-order valence-electron chi connectivity index (χ4n) is 4.18. The molecule has 2 aliphatic rings. The third-order valence-corrected chi connectivity index (χ3v) is 5.87. The third-order valence-electron chi connectivity index (χ3n) is 5.87. The molecule has 0 spiro atoms. The number of aliphatic hydroxyl groups excluding tert-OH is 1. The van der Waals surface area contributed by atoms with Crippen LogP contribution in [-0.2, 0) is 11.3 Å². The fourth-order valence-corrected chi connectivity index (χ4v) is 4.18. The largest absolute Gasteiger partial charge is 0.369 e. The number of allylic oxidation sites excluding steroid dienone is 8. The van der Waals surface area contributed by atoms with Crippen LogP contribution in [-0.4, -0.2) is 22.6 Å². The molecule has 160 valence electrons. The molecule has 2 atom stereocenters.